The molecule has 0 spiro atoms. The van der Waals surface area contributed by atoms with Crippen molar-refractivity contribution in [1.29, 1.82) is 0 Å². The fourth-order valence-corrected chi connectivity index (χ4v) is 3.95. The number of halogens is 3. The smallest absolute Gasteiger partial charge is 0.299 e. The first-order valence-electron chi connectivity index (χ1n) is 6.98. The lowest BCUT2D eigenvalue weighted by molar-refractivity contribution is -0.184. The van der Waals surface area contributed by atoms with Gasteiger partial charge in [-0.15, -0.1) is 0 Å². The number of rotatable bonds is 5. The molecule has 0 radical (unpaired) electrons. The third kappa shape index (κ3) is 3.77. The molecule has 2 fully saturated rings. The largest absolute Gasteiger partial charge is 0.391 e. The number of alkyl halides is 3. The van der Waals surface area contributed by atoms with Gasteiger partial charge in [0.25, 0.3) is 0 Å². The van der Waals surface area contributed by atoms with Crippen molar-refractivity contribution in [2.75, 3.05) is 6.26 Å². The van der Waals surface area contributed by atoms with Gasteiger partial charge in [-0.3, -0.25) is 9.59 Å². The Labute approximate surface area is 120 Å². The molecule has 0 saturated heterocycles. The number of carbonyl (C=O) groups is 2. The van der Waals surface area contributed by atoms with Gasteiger partial charge >= 0.3 is 6.18 Å². The molecule has 0 aromatic carbocycles. The molecular weight excluding hydrogens is 289 g/mol. The van der Waals surface area contributed by atoms with Gasteiger partial charge in [0.15, 0.2) is 0 Å². The van der Waals surface area contributed by atoms with Crippen LogP contribution < -0.4 is 0 Å². The molecule has 6 heteroatoms. The topological polar surface area (TPSA) is 34.1 Å². The van der Waals surface area contributed by atoms with E-state index < -0.39 is 12.1 Å². The van der Waals surface area contributed by atoms with Crippen molar-refractivity contribution < 1.29 is 22.8 Å². The van der Waals surface area contributed by atoms with Crippen LogP contribution in [0.25, 0.3) is 0 Å². The molecule has 0 aromatic heterocycles. The summed E-state index contributed by atoms with van der Waals surface area (Å²) in [6.45, 7) is 0. The van der Waals surface area contributed by atoms with Gasteiger partial charge in [-0.1, -0.05) is 0 Å². The standard InChI is InChI=1S/C14H19F3O2S/c1-20-13-6-9(14(15,16)17)4-5-10(13)12(19)7-11(18)8-2-3-8/h8-10,13H,2-7H2,1H3. The first-order valence-corrected chi connectivity index (χ1v) is 8.26. The molecule has 2 nitrogen and oxygen atoms in total. The highest BCUT2D eigenvalue weighted by Crippen LogP contribution is 2.44. The van der Waals surface area contributed by atoms with Crippen LogP contribution in [-0.4, -0.2) is 29.2 Å². The summed E-state index contributed by atoms with van der Waals surface area (Å²) in [5, 5.41) is -0.310. The van der Waals surface area contributed by atoms with Gasteiger partial charge in [0.2, 0.25) is 0 Å². The van der Waals surface area contributed by atoms with Gasteiger partial charge < -0.3 is 0 Å². The van der Waals surface area contributed by atoms with Gasteiger partial charge in [-0.2, -0.15) is 24.9 Å². The van der Waals surface area contributed by atoms with E-state index in [-0.39, 0.29) is 54.3 Å². The van der Waals surface area contributed by atoms with Crippen molar-refractivity contribution in [2.24, 2.45) is 17.8 Å². The molecule has 0 N–H and O–H groups in total. The summed E-state index contributed by atoms with van der Waals surface area (Å²) in [7, 11) is 0. The molecule has 114 valence electrons. The van der Waals surface area contributed by atoms with Crippen molar-refractivity contribution in [1.82, 2.24) is 0 Å². The Hall–Kier alpha value is -0.520. The molecule has 0 heterocycles. The molecular formula is C14H19F3O2S. The van der Waals surface area contributed by atoms with E-state index in [1.54, 1.807) is 6.26 Å². The van der Waals surface area contributed by atoms with E-state index in [9.17, 15) is 22.8 Å². The summed E-state index contributed by atoms with van der Waals surface area (Å²) >= 11 is 1.32. The van der Waals surface area contributed by atoms with Crippen LogP contribution in [0.4, 0.5) is 13.2 Å². The molecule has 3 unspecified atom stereocenters. The van der Waals surface area contributed by atoms with E-state index in [1.165, 1.54) is 11.8 Å². The number of Topliss-reactive ketones (excluding diaryl/α,β-unsaturated/α-hetero) is 2. The van der Waals surface area contributed by atoms with E-state index >= 15 is 0 Å². The Balaban J connectivity index is 1.94. The number of carbonyl (C=O) groups excluding carboxylic acids is 2. The summed E-state index contributed by atoms with van der Waals surface area (Å²) in [5.41, 5.74) is 0. The lowest BCUT2D eigenvalue weighted by atomic mass is 9.78. The highest BCUT2D eigenvalue weighted by molar-refractivity contribution is 7.99. The average Bonchev–Trinajstić information content (AvgIpc) is 3.20. The molecule has 20 heavy (non-hydrogen) atoms. The summed E-state index contributed by atoms with van der Waals surface area (Å²) in [6.07, 6.45) is -0.529. The Morgan fingerprint density at radius 1 is 1.10 bits per heavy atom. The summed E-state index contributed by atoms with van der Waals surface area (Å²) in [5.74, 6) is -1.82. The van der Waals surface area contributed by atoms with Crippen LogP contribution in [0.1, 0.15) is 38.5 Å². The maximum Gasteiger partial charge on any atom is 0.391 e. The third-order valence-electron chi connectivity index (χ3n) is 4.35. The van der Waals surface area contributed by atoms with Gasteiger partial charge in [-0.25, -0.2) is 0 Å². The second kappa shape index (κ2) is 6.08. The van der Waals surface area contributed by atoms with Crippen molar-refractivity contribution in [2.45, 2.75) is 50.0 Å². The van der Waals surface area contributed by atoms with E-state index in [4.69, 9.17) is 0 Å². The van der Waals surface area contributed by atoms with Gasteiger partial charge in [-0.05, 0) is 38.4 Å². The normalized spacial score (nSPS) is 31.1. The molecule has 0 bridgehead atoms. The van der Waals surface area contributed by atoms with Crippen molar-refractivity contribution >= 4 is 23.3 Å². The number of hydrogen-bond acceptors (Lipinski definition) is 3. The average molecular weight is 308 g/mol. The third-order valence-corrected chi connectivity index (χ3v) is 5.48. The molecule has 3 atom stereocenters. The Kier molecular flexibility index (Phi) is 4.82. The number of thioether (sulfide) groups is 1. The van der Waals surface area contributed by atoms with Crippen LogP contribution in [0.5, 0.6) is 0 Å². The second-order valence-electron chi connectivity index (χ2n) is 5.82. The molecule has 0 amide bonds. The molecule has 2 saturated carbocycles. The van der Waals surface area contributed by atoms with Crippen LogP contribution in [0.2, 0.25) is 0 Å². The van der Waals surface area contributed by atoms with Crippen molar-refractivity contribution in [3.8, 4) is 0 Å². The highest BCUT2D eigenvalue weighted by Gasteiger charge is 2.46. The summed E-state index contributed by atoms with van der Waals surface area (Å²) in [6, 6.07) is 0. The van der Waals surface area contributed by atoms with Gasteiger partial charge in [0.1, 0.15) is 11.6 Å². The van der Waals surface area contributed by atoms with Gasteiger partial charge in [0, 0.05) is 17.1 Å². The Morgan fingerprint density at radius 2 is 1.75 bits per heavy atom. The van der Waals surface area contributed by atoms with Crippen LogP contribution in [0, 0.1) is 17.8 Å². The lowest BCUT2D eigenvalue weighted by Gasteiger charge is -2.35. The zero-order valence-electron chi connectivity index (χ0n) is 11.4. The second-order valence-corrected chi connectivity index (χ2v) is 6.89. The predicted octanol–water partition coefficient (Wildman–Crippen LogP) is 3.63. The molecule has 0 aromatic rings. The lowest BCUT2D eigenvalue weighted by Crippen LogP contribution is -2.38. The van der Waals surface area contributed by atoms with Crippen molar-refractivity contribution in [3.05, 3.63) is 0 Å². The molecule has 2 aliphatic rings. The number of ketones is 2. The van der Waals surface area contributed by atoms with E-state index in [1.807, 2.05) is 0 Å². The first-order chi connectivity index (χ1) is 9.32. The highest BCUT2D eigenvalue weighted by atomic mass is 32.2. The van der Waals surface area contributed by atoms with E-state index in [0.29, 0.717) is 0 Å². The predicted molar refractivity (Wildman–Crippen MR) is 71.5 cm³/mol. The molecule has 2 rings (SSSR count). The molecule has 2 aliphatic carbocycles. The maximum absolute atomic E-state index is 12.8. The summed E-state index contributed by atoms with van der Waals surface area (Å²) in [4.78, 5) is 23.8. The molecule has 0 aliphatic heterocycles. The van der Waals surface area contributed by atoms with Crippen LogP contribution >= 0.6 is 11.8 Å². The van der Waals surface area contributed by atoms with Crippen LogP contribution in [0.3, 0.4) is 0 Å². The minimum atomic E-state index is -4.17. The van der Waals surface area contributed by atoms with Gasteiger partial charge in [0.05, 0.1) is 12.3 Å². The van der Waals surface area contributed by atoms with E-state index in [2.05, 4.69) is 0 Å². The zero-order chi connectivity index (χ0) is 14.9. The Bertz CT molecular complexity index is 390. The monoisotopic (exact) mass is 308 g/mol. The minimum absolute atomic E-state index is 0.00130. The van der Waals surface area contributed by atoms with Crippen molar-refractivity contribution in [3.63, 3.8) is 0 Å². The zero-order valence-corrected chi connectivity index (χ0v) is 12.2. The fraction of sp³-hybridized carbons (Fsp3) is 0.857. The fourth-order valence-electron chi connectivity index (χ4n) is 2.91. The van der Waals surface area contributed by atoms with E-state index in [0.717, 1.165) is 12.8 Å². The SMILES string of the molecule is CSC1CC(C(F)(F)F)CCC1C(=O)CC(=O)C1CC1. The first kappa shape index (κ1) is 15.9. The Morgan fingerprint density at radius 3 is 2.25 bits per heavy atom. The maximum atomic E-state index is 12.8. The minimum Gasteiger partial charge on any atom is -0.299 e. The van der Waals surface area contributed by atoms with Crippen LogP contribution in [-0.2, 0) is 9.59 Å². The van der Waals surface area contributed by atoms with Crippen LogP contribution in [0.15, 0.2) is 0 Å². The number of hydrogen-bond donors (Lipinski definition) is 0. The quantitative estimate of drug-likeness (QED) is 0.727. The summed E-state index contributed by atoms with van der Waals surface area (Å²) < 4.78 is 38.3.